The zero-order chi connectivity index (χ0) is 13.1. The van der Waals surface area contributed by atoms with E-state index < -0.39 is 25.9 Å². The number of hydrogen-bond donors (Lipinski definition) is 0. The maximum absolute atomic E-state index is 6.25. The van der Waals surface area contributed by atoms with Crippen LogP contribution in [0.15, 0.2) is 30.3 Å². The second kappa shape index (κ2) is 5.62. The predicted molar refractivity (Wildman–Crippen MR) is 80.7 cm³/mol. The summed E-state index contributed by atoms with van der Waals surface area (Å²) in [5.41, 5.74) is 0. The highest BCUT2D eigenvalue weighted by Gasteiger charge is 2.33. The quantitative estimate of drug-likeness (QED) is 0.773. The Balaban J connectivity index is 2.65. The van der Waals surface area contributed by atoms with Crippen molar-refractivity contribution in [2.75, 3.05) is 0 Å². The molecule has 0 saturated carbocycles. The van der Waals surface area contributed by atoms with E-state index in [1.807, 2.05) is 6.07 Å². The first-order valence-corrected chi connectivity index (χ1v) is 14.1. The Kier molecular flexibility index (Phi) is 4.91. The molecule has 5 heteroatoms. The largest absolute Gasteiger partial charge is 0.437 e. The van der Waals surface area contributed by atoms with Gasteiger partial charge in [0.25, 0.3) is 0 Å². The van der Waals surface area contributed by atoms with Gasteiger partial charge in [-0.2, -0.15) is 0 Å². The van der Waals surface area contributed by atoms with Crippen LogP contribution in [0.2, 0.25) is 39.3 Å². The van der Waals surface area contributed by atoms with E-state index in [4.69, 9.17) is 8.23 Å². The molecule has 95 valence electrons. The fourth-order valence-electron chi connectivity index (χ4n) is 1.86. The van der Waals surface area contributed by atoms with Crippen LogP contribution < -0.4 is 5.19 Å². The van der Waals surface area contributed by atoms with E-state index >= 15 is 0 Å². The molecule has 0 unspecified atom stereocenters. The molecule has 0 aromatic heterocycles. The van der Waals surface area contributed by atoms with Crippen molar-refractivity contribution in [1.29, 1.82) is 0 Å². The standard InChI is InChI=1S/C12H23O2Si3/c1-15(12-10-8-7-9-11-12)13-17(5,6)14-16(2,3)4/h7-11H,1-6H3. The first-order chi connectivity index (χ1) is 7.70. The van der Waals surface area contributed by atoms with Crippen LogP contribution in [0.1, 0.15) is 0 Å². The molecule has 0 aliphatic carbocycles. The van der Waals surface area contributed by atoms with E-state index in [-0.39, 0.29) is 0 Å². The highest BCUT2D eigenvalue weighted by Crippen LogP contribution is 2.16. The third-order valence-corrected chi connectivity index (χ3v) is 10.9. The molecule has 1 aromatic carbocycles. The lowest BCUT2D eigenvalue weighted by molar-refractivity contribution is 0.407. The van der Waals surface area contributed by atoms with E-state index in [1.165, 1.54) is 5.19 Å². The number of hydrogen-bond acceptors (Lipinski definition) is 2. The molecule has 0 N–H and O–H groups in total. The second-order valence-electron chi connectivity index (χ2n) is 5.64. The molecule has 17 heavy (non-hydrogen) atoms. The average molecular weight is 284 g/mol. The van der Waals surface area contributed by atoms with Crippen LogP contribution in [0.5, 0.6) is 0 Å². The summed E-state index contributed by atoms with van der Waals surface area (Å²) in [5.74, 6) is 0. The van der Waals surface area contributed by atoms with Gasteiger partial charge in [-0.25, -0.2) is 0 Å². The van der Waals surface area contributed by atoms with Gasteiger partial charge >= 0.3 is 8.56 Å². The van der Waals surface area contributed by atoms with Gasteiger partial charge in [-0.05, 0) is 44.5 Å². The summed E-state index contributed by atoms with van der Waals surface area (Å²) in [6.07, 6.45) is 0. The van der Waals surface area contributed by atoms with Crippen molar-refractivity contribution in [3.05, 3.63) is 30.3 Å². The SMILES string of the molecule is C[Si](O[Si](C)(C)O[Si](C)(C)C)c1ccccc1. The number of rotatable bonds is 5. The monoisotopic (exact) mass is 283 g/mol. The summed E-state index contributed by atoms with van der Waals surface area (Å²) >= 11 is 0. The lowest BCUT2D eigenvalue weighted by atomic mass is 10.4. The summed E-state index contributed by atoms with van der Waals surface area (Å²) in [6, 6.07) is 10.5. The molecule has 0 saturated heterocycles. The minimum absolute atomic E-state index is 0.937. The molecule has 0 aliphatic heterocycles. The van der Waals surface area contributed by atoms with Gasteiger partial charge in [0.15, 0.2) is 8.32 Å². The van der Waals surface area contributed by atoms with Crippen molar-refractivity contribution >= 4 is 31.1 Å². The third-order valence-electron chi connectivity index (χ3n) is 2.13. The van der Waals surface area contributed by atoms with Crippen molar-refractivity contribution in [1.82, 2.24) is 0 Å². The van der Waals surface area contributed by atoms with Crippen molar-refractivity contribution < 1.29 is 8.23 Å². The van der Waals surface area contributed by atoms with Crippen LogP contribution in [-0.4, -0.2) is 25.9 Å². The molecule has 1 rings (SSSR count). The van der Waals surface area contributed by atoms with Gasteiger partial charge in [0.05, 0.1) is 0 Å². The highest BCUT2D eigenvalue weighted by molar-refractivity contribution is 6.85. The van der Waals surface area contributed by atoms with Gasteiger partial charge in [0.1, 0.15) is 0 Å². The van der Waals surface area contributed by atoms with E-state index in [1.54, 1.807) is 0 Å². The van der Waals surface area contributed by atoms with Crippen LogP contribution in [0.25, 0.3) is 0 Å². The maximum atomic E-state index is 6.25. The summed E-state index contributed by atoms with van der Waals surface area (Å²) in [5, 5.41) is 1.32. The molecular weight excluding hydrogens is 260 g/mol. The lowest BCUT2D eigenvalue weighted by Gasteiger charge is -2.33. The van der Waals surface area contributed by atoms with Crippen molar-refractivity contribution in [2.45, 2.75) is 39.3 Å². The molecular formula is C12H23O2Si3. The summed E-state index contributed by atoms with van der Waals surface area (Å²) in [4.78, 5) is 0. The zero-order valence-electron chi connectivity index (χ0n) is 11.7. The van der Waals surface area contributed by atoms with Crippen molar-refractivity contribution in [2.24, 2.45) is 0 Å². The Hall–Kier alpha value is -0.209. The predicted octanol–water partition coefficient (Wildman–Crippen LogP) is 3.08. The van der Waals surface area contributed by atoms with Crippen molar-refractivity contribution in [3.63, 3.8) is 0 Å². The van der Waals surface area contributed by atoms with Crippen LogP contribution >= 0.6 is 0 Å². The third kappa shape index (κ3) is 5.78. The number of benzene rings is 1. The molecule has 0 fully saturated rings. The first-order valence-electron chi connectivity index (χ1n) is 5.98. The van der Waals surface area contributed by atoms with E-state index in [9.17, 15) is 0 Å². The molecule has 0 bridgehead atoms. The topological polar surface area (TPSA) is 18.5 Å². The van der Waals surface area contributed by atoms with Gasteiger partial charge in [-0.15, -0.1) is 0 Å². The maximum Gasteiger partial charge on any atom is 0.311 e. The van der Waals surface area contributed by atoms with E-state index in [0.717, 1.165) is 0 Å². The molecule has 1 radical (unpaired) electrons. The van der Waals surface area contributed by atoms with Gasteiger partial charge in [0, 0.05) is 0 Å². The molecule has 1 aromatic rings. The molecule has 2 nitrogen and oxygen atoms in total. The lowest BCUT2D eigenvalue weighted by Crippen LogP contribution is -2.50. The Morgan fingerprint density at radius 3 is 1.94 bits per heavy atom. The Labute approximate surface area is 109 Å². The Bertz CT molecular complexity index is 347. The molecule has 0 atom stereocenters. The van der Waals surface area contributed by atoms with E-state index in [2.05, 4.69) is 63.5 Å². The normalized spacial score (nSPS) is 13.1. The highest BCUT2D eigenvalue weighted by atomic mass is 28.5. The summed E-state index contributed by atoms with van der Waals surface area (Å²) in [7, 11) is -4.42. The first kappa shape index (κ1) is 14.9. The fraction of sp³-hybridized carbons (Fsp3) is 0.500. The van der Waals surface area contributed by atoms with E-state index in [0.29, 0.717) is 0 Å². The molecule has 0 aliphatic rings. The smallest absolute Gasteiger partial charge is 0.311 e. The Morgan fingerprint density at radius 2 is 1.47 bits per heavy atom. The Morgan fingerprint density at radius 1 is 0.941 bits per heavy atom. The summed E-state index contributed by atoms with van der Waals surface area (Å²) < 4.78 is 12.5. The van der Waals surface area contributed by atoms with Gasteiger partial charge in [-0.1, -0.05) is 30.3 Å². The minimum Gasteiger partial charge on any atom is -0.437 e. The van der Waals surface area contributed by atoms with Gasteiger partial charge < -0.3 is 8.23 Å². The molecule has 0 spiro atoms. The van der Waals surface area contributed by atoms with Crippen LogP contribution in [-0.2, 0) is 8.23 Å². The van der Waals surface area contributed by atoms with Crippen LogP contribution in [0.3, 0.4) is 0 Å². The van der Waals surface area contributed by atoms with Crippen molar-refractivity contribution in [3.8, 4) is 0 Å². The van der Waals surface area contributed by atoms with Crippen LogP contribution in [0.4, 0.5) is 0 Å². The van der Waals surface area contributed by atoms with Gasteiger partial charge in [-0.3, -0.25) is 0 Å². The van der Waals surface area contributed by atoms with Gasteiger partial charge in [0.2, 0.25) is 9.04 Å². The summed E-state index contributed by atoms with van der Waals surface area (Å²) in [6.45, 7) is 13.2. The molecule has 0 heterocycles. The minimum atomic E-state index is -1.98. The van der Waals surface area contributed by atoms with Crippen LogP contribution in [0, 0.1) is 0 Å². The fourth-order valence-corrected chi connectivity index (χ4v) is 12.4. The average Bonchev–Trinajstić information content (AvgIpc) is 2.14. The molecule has 0 amide bonds. The zero-order valence-corrected chi connectivity index (χ0v) is 14.7. The second-order valence-corrected chi connectivity index (χ2v) is 16.0.